The van der Waals surface area contributed by atoms with Crippen LogP contribution in [0.4, 0.5) is 4.39 Å². The molecule has 1 rings (SSSR count). The van der Waals surface area contributed by atoms with Crippen LogP contribution in [-0.4, -0.2) is 18.9 Å². The lowest BCUT2D eigenvalue weighted by Crippen LogP contribution is -2.04. The third kappa shape index (κ3) is 3.99. The summed E-state index contributed by atoms with van der Waals surface area (Å²) in [6.07, 6.45) is 1.36. The molecule has 3 nitrogen and oxygen atoms in total. The summed E-state index contributed by atoms with van der Waals surface area (Å²) in [5.41, 5.74) is 0.447. The third-order valence-electron chi connectivity index (χ3n) is 1.75. The highest BCUT2D eigenvalue weighted by Crippen LogP contribution is 2.27. The summed E-state index contributed by atoms with van der Waals surface area (Å²) < 4.78 is 24.0. The Labute approximate surface area is 108 Å². The zero-order valence-electron chi connectivity index (χ0n) is 9.88. The summed E-state index contributed by atoms with van der Waals surface area (Å²) in [7, 11) is 1.46. The van der Waals surface area contributed by atoms with Crippen molar-refractivity contribution in [2.24, 2.45) is 5.92 Å². The maximum atomic E-state index is 13.5. The minimum atomic E-state index is -0.696. The first-order chi connectivity index (χ1) is 8.06. The van der Waals surface area contributed by atoms with Crippen molar-refractivity contribution in [3.63, 3.8) is 0 Å². The molecular weight excluding hydrogens is 289 g/mol. The van der Waals surface area contributed by atoms with Gasteiger partial charge in [0, 0.05) is 19.2 Å². The lowest BCUT2D eigenvalue weighted by atomic mass is 10.2. The van der Waals surface area contributed by atoms with Crippen LogP contribution in [0, 0.1) is 23.7 Å². The maximum absolute atomic E-state index is 13.5. The predicted octanol–water partition coefficient (Wildman–Crippen LogP) is 2.97. The summed E-state index contributed by atoms with van der Waals surface area (Å²) in [6, 6.07) is 0. The SMILES string of the molecule is COCOc1c(F)ncc(Br)c1C#CC(C)C. The summed E-state index contributed by atoms with van der Waals surface area (Å²) in [6.45, 7) is 3.85. The van der Waals surface area contributed by atoms with Gasteiger partial charge in [-0.3, -0.25) is 0 Å². The molecule has 0 aromatic carbocycles. The molecule has 0 saturated heterocycles. The second-order valence-corrected chi connectivity index (χ2v) is 4.43. The molecule has 0 N–H and O–H groups in total. The van der Waals surface area contributed by atoms with Crippen LogP contribution < -0.4 is 4.74 Å². The highest BCUT2D eigenvalue weighted by atomic mass is 79.9. The fourth-order valence-corrected chi connectivity index (χ4v) is 1.41. The van der Waals surface area contributed by atoms with E-state index in [2.05, 4.69) is 32.8 Å². The Bertz CT molecular complexity index is 452. The van der Waals surface area contributed by atoms with Gasteiger partial charge in [-0.2, -0.15) is 4.39 Å². The molecule has 0 atom stereocenters. The van der Waals surface area contributed by atoms with Gasteiger partial charge in [0.1, 0.15) is 0 Å². The highest BCUT2D eigenvalue weighted by Gasteiger charge is 2.13. The van der Waals surface area contributed by atoms with Crippen molar-refractivity contribution in [2.75, 3.05) is 13.9 Å². The van der Waals surface area contributed by atoms with Gasteiger partial charge >= 0.3 is 0 Å². The Kier molecular flexibility index (Phi) is 5.39. The van der Waals surface area contributed by atoms with Gasteiger partial charge in [-0.15, -0.1) is 0 Å². The number of hydrogen-bond donors (Lipinski definition) is 0. The van der Waals surface area contributed by atoms with E-state index >= 15 is 0 Å². The smallest absolute Gasteiger partial charge is 0.256 e. The largest absolute Gasteiger partial charge is 0.461 e. The van der Waals surface area contributed by atoms with E-state index in [1.165, 1.54) is 13.3 Å². The molecule has 1 heterocycles. The van der Waals surface area contributed by atoms with Gasteiger partial charge in [-0.25, -0.2) is 4.98 Å². The predicted molar refractivity (Wildman–Crippen MR) is 66.1 cm³/mol. The summed E-state index contributed by atoms with van der Waals surface area (Å²) in [5, 5.41) is 0. The molecule has 0 spiro atoms. The van der Waals surface area contributed by atoms with Crippen LogP contribution in [0.2, 0.25) is 0 Å². The average molecular weight is 302 g/mol. The van der Waals surface area contributed by atoms with E-state index in [4.69, 9.17) is 9.47 Å². The molecule has 92 valence electrons. The van der Waals surface area contributed by atoms with Crippen LogP contribution in [0.15, 0.2) is 10.7 Å². The van der Waals surface area contributed by atoms with Crippen LogP contribution >= 0.6 is 15.9 Å². The lowest BCUT2D eigenvalue weighted by Gasteiger charge is -2.08. The van der Waals surface area contributed by atoms with Gasteiger partial charge in [-0.1, -0.05) is 25.7 Å². The molecular formula is C12H13BrFNO2. The Morgan fingerprint density at radius 3 is 2.82 bits per heavy atom. The van der Waals surface area contributed by atoms with E-state index in [1.807, 2.05) is 13.8 Å². The maximum Gasteiger partial charge on any atom is 0.256 e. The molecule has 0 saturated carbocycles. The highest BCUT2D eigenvalue weighted by molar-refractivity contribution is 9.10. The Balaban J connectivity index is 3.16. The van der Waals surface area contributed by atoms with Crippen LogP contribution in [0.3, 0.4) is 0 Å². The van der Waals surface area contributed by atoms with Crippen molar-refractivity contribution in [3.8, 4) is 17.6 Å². The number of rotatable bonds is 3. The molecule has 0 fully saturated rings. The zero-order chi connectivity index (χ0) is 12.8. The first-order valence-corrected chi connectivity index (χ1v) is 5.82. The molecule has 1 aromatic rings. The number of hydrogen-bond acceptors (Lipinski definition) is 3. The molecule has 17 heavy (non-hydrogen) atoms. The molecule has 0 radical (unpaired) electrons. The fourth-order valence-electron chi connectivity index (χ4n) is 1.03. The number of halogens is 2. The van der Waals surface area contributed by atoms with E-state index in [0.717, 1.165) is 0 Å². The van der Waals surface area contributed by atoms with Crippen molar-refractivity contribution in [2.45, 2.75) is 13.8 Å². The molecule has 5 heteroatoms. The van der Waals surface area contributed by atoms with Crippen molar-refractivity contribution in [3.05, 3.63) is 22.2 Å². The second-order valence-electron chi connectivity index (χ2n) is 3.58. The average Bonchev–Trinajstić information content (AvgIpc) is 2.28. The number of pyridine rings is 1. The number of aromatic nitrogens is 1. The Hall–Kier alpha value is -1.12. The third-order valence-corrected chi connectivity index (χ3v) is 2.35. The van der Waals surface area contributed by atoms with Crippen LogP contribution in [0.1, 0.15) is 19.4 Å². The Morgan fingerprint density at radius 1 is 1.53 bits per heavy atom. The van der Waals surface area contributed by atoms with Crippen LogP contribution in [-0.2, 0) is 4.74 Å². The van der Waals surface area contributed by atoms with Gasteiger partial charge in [0.25, 0.3) is 5.95 Å². The van der Waals surface area contributed by atoms with Gasteiger partial charge in [0.2, 0.25) is 0 Å². The number of ether oxygens (including phenoxy) is 2. The first kappa shape index (κ1) is 13.9. The number of nitrogens with zero attached hydrogens (tertiary/aromatic N) is 1. The zero-order valence-corrected chi connectivity index (χ0v) is 11.5. The standard InChI is InChI=1S/C12H13BrFNO2/c1-8(2)4-5-9-10(13)6-15-12(14)11(9)17-7-16-3/h6,8H,7H2,1-3H3. The minimum Gasteiger partial charge on any atom is -0.461 e. The van der Waals surface area contributed by atoms with Gasteiger partial charge < -0.3 is 9.47 Å². The first-order valence-electron chi connectivity index (χ1n) is 5.03. The Morgan fingerprint density at radius 2 is 2.24 bits per heavy atom. The molecule has 0 bridgehead atoms. The van der Waals surface area contributed by atoms with Crippen molar-refractivity contribution in [1.82, 2.24) is 4.98 Å². The van der Waals surface area contributed by atoms with E-state index in [1.54, 1.807) is 0 Å². The van der Waals surface area contributed by atoms with Gasteiger partial charge in [0.05, 0.1) is 10.0 Å². The number of methoxy groups -OCH3 is 1. The summed E-state index contributed by atoms with van der Waals surface area (Å²) in [4.78, 5) is 3.56. The summed E-state index contributed by atoms with van der Waals surface area (Å²) in [5.74, 6) is 5.33. The molecule has 0 aliphatic carbocycles. The van der Waals surface area contributed by atoms with Crippen molar-refractivity contribution < 1.29 is 13.9 Å². The molecule has 0 aliphatic rings. The minimum absolute atomic E-state index is 0.00868. The van der Waals surface area contributed by atoms with Gasteiger partial charge in [0.15, 0.2) is 12.5 Å². The van der Waals surface area contributed by atoms with Gasteiger partial charge in [-0.05, 0) is 15.9 Å². The second kappa shape index (κ2) is 6.58. The van der Waals surface area contributed by atoms with E-state index in [0.29, 0.717) is 10.0 Å². The molecule has 1 aromatic heterocycles. The van der Waals surface area contributed by atoms with E-state index < -0.39 is 5.95 Å². The fraction of sp³-hybridized carbons (Fsp3) is 0.417. The lowest BCUT2D eigenvalue weighted by molar-refractivity contribution is 0.0474. The molecule has 0 unspecified atom stereocenters. The van der Waals surface area contributed by atoms with Crippen molar-refractivity contribution >= 4 is 15.9 Å². The van der Waals surface area contributed by atoms with Crippen LogP contribution in [0.25, 0.3) is 0 Å². The van der Waals surface area contributed by atoms with Crippen molar-refractivity contribution in [1.29, 1.82) is 0 Å². The van der Waals surface area contributed by atoms with Crippen LogP contribution in [0.5, 0.6) is 5.75 Å². The summed E-state index contributed by atoms with van der Waals surface area (Å²) >= 11 is 3.27. The molecule has 0 aliphatic heterocycles. The van der Waals surface area contributed by atoms with E-state index in [9.17, 15) is 4.39 Å². The quantitative estimate of drug-likeness (QED) is 0.489. The van der Waals surface area contributed by atoms with E-state index in [-0.39, 0.29) is 18.5 Å². The topological polar surface area (TPSA) is 31.4 Å². The monoisotopic (exact) mass is 301 g/mol. The normalized spacial score (nSPS) is 10.0. The molecule has 0 amide bonds.